The van der Waals surface area contributed by atoms with Crippen LogP contribution in [0.3, 0.4) is 0 Å². The van der Waals surface area contributed by atoms with Crippen LogP contribution in [0, 0.1) is 13.8 Å². The van der Waals surface area contributed by atoms with Gasteiger partial charge in [-0.25, -0.2) is 14.8 Å². The largest absolute Gasteiger partial charge is 0.478 e. The molecule has 0 amide bonds. The molecule has 2 aromatic heterocycles. The fraction of sp³-hybridized carbons (Fsp3) is 0.200. The van der Waals surface area contributed by atoms with Crippen LogP contribution in [0.2, 0.25) is 5.15 Å². The second-order valence-corrected chi connectivity index (χ2v) is 3.82. The van der Waals surface area contributed by atoms with Crippen molar-refractivity contribution in [2.75, 3.05) is 0 Å². The van der Waals surface area contributed by atoms with Crippen LogP contribution in [0.5, 0.6) is 0 Å². The molecular formula is C10H9ClN4O2. The number of aryl methyl sites for hydroxylation is 2. The molecule has 0 aromatic carbocycles. The Morgan fingerprint density at radius 3 is 2.59 bits per heavy atom. The summed E-state index contributed by atoms with van der Waals surface area (Å²) in [5, 5.41) is 13.4. The maximum Gasteiger partial charge on any atom is 0.339 e. The van der Waals surface area contributed by atoms with Crippen LogP contribution in [-0.2, 0) is 0 Å². The van der Waals surface area contributed by atoms with Gasteiger partial charge >= 0.3 is 5.97 Å². The minimum absolute atomic E-state index is 0.0300. The van der Waals surface area contributed by atoms with Crippen LogP contribution in [-0.4, -0.2) is 30.8 Å². The number of rotatable bonds is 2. The van der Waals surface area contributed by atoms with Crippen LogP contribution in [0.4, 0.5) is 0 Å². The summed E-state index contributed by atoms with van der Waals surface area (Å²) in [6, 6.07) is 2.82. The zero-order valence-corrected chi connectivity index (χ0v) is 9.93. The van der Waals surface area contributed by atoms with Gasteiger partial charge in [0.25, 0.3) is 0 Å². The van der Waals surface area contributed by atoms with Gasteiger partial charge < -0.3 is 5.11 Å². The molecule has 0 atom stereocenters. The van der Waals surface area contributed by atoms with Crippen molar-refractivity contribution in [1.82, 2.24) is 19.7 Å². The first-order chi connectivity index (χ1) is 7.99. The molecule has 0 bridgehead atoms. The lowest BCUT2D eigenvalue weighted by Crippen LogP contribution is -2.10. The maximum atomic E-state index is 11.1. The van der Waals surface area contributed by atoms with Gasteiger partial charge in [-0.15, -0.1) is 5.10 Å². The Kier molecular flexibility index (Phi) is 2.81. The van der Waals surface area contributed by atoms with E-state index in [1.807, 2.05) is 0 Å². The summed E-state index contributed by atoms with van der Waals surface area (Å²) in [6.45, 7) is 3.43. The van der Waals surface area contributed by atoms with E-state index in [2.05, 4.69) is 15.1 Å². The Morgan fingerprint density at radius 1 is 1.35 bits per heavy atom. The number of carbonyl (C=O) groups is 1. The van der Waals surface area contributed by atoms with Gasteiger partial charge in [-0.3, -0.25) is 0 Å². The number of carboxylic acids is 1. The molecule has 0 saturated heterocycles. The third kappa shape index (κ3) is 2.12. The molecule has 0 spiro atoms. The minimum atomic E-state index is -1.09. The van der Waals surface area contributed by atoms with Crippen molar-refractivity contribution in [1.29, 1.82) is 0 Å². The molecule has 0 fully saturated rings. The highest BCUT2D eigenvalue weighted by molar-refractivity contribution is 6.29. The first-order valence-corrected chi connectivity index (χ1v) is 5.17. The summed E-state index contributed by atoms with van der Waals surface area (Å²) in [6.07, 6.45) is 0. The molecule has 0 aliphatic heterocycles. The number of hydrogen-bond donors (Lipinski definition) is 1. The van der Waals surface area contributed by atoms with Gasteiger partial charge in [0.05, 0.1) is 0 Å². The molecule has 1 N–H and O–H groups in total. The predicted molar refractivity (Wildman–Crippen MR) is 60.6 cm³/mol. The van der Waals surface area contributed by atoms with Crippen LogP contribution < -0.4 is 0 Å². The summed E-state index contributed by atoms with van der Waals surface area (Å²) >= 11 is 5.76. The Morgan fingerprint density at radius 2 is 2.06 bits per heavy atom. The molecule has 6 nitrogen and oxygen atoms in total. The minimum Gasteiger partial charge on any atom is -0.478 e. The van der Waals surface area contributed by atoms with Crippen molar-refractivity contribution in [3.8, 4) is 5.82 Å². The average molecular weight is 253 g/mol. The number of hydrogen-bond acceptors (Lipinski definition) is 4. The molecule has 0 radical (unpaired) electrons. The molecule has 88 valence electrons. The van der Waals surface area contributed by atoms with Crippen molar-refractivity contribution in [3.05, 3.63) is 34.5 Å². The van der Waals surface area contributed by atoms with Gasteiger partial charge in [-0.1, -0.05) is 11.6 Å². The molecule has 0 aliphatic rings. The van der Waals surface area contributed by atoms with Crippen molar-refractivity contribution < 1.29 is 9.90 Å². The zero-order valence-electron chi connectivity index (χ0n) is 9.18. The Labute approximate surface area is 102 Å². The van der Waals surface area contributed by atoms with Crippen LogP contribution in [0.1, 0.15) is 22.0 Å². The average Bonchev–Trinajstić information content (AvgIpc) is 2.57. The summed E-state index contributed by atoms with van der Waals surface area (Å²) in [5.74, 6) is 0.181. The van der Waals surface area contributed by atoms with E-state index in [9.17, 15) is 4.79 Å². The highest BCUT2D eigenvalue weighted by Gasteiger charge is 2.16. The number of pyridine rings is 1. The first kappa shape index (κ1) is 11.5. The lowest BCUT2D eigenvalue weighted by atomic mass is 10.2. The van der Waals surface area contributed by atoms with Crippen molar-refractivity contribution >= 4 is 17.6 Å². The number of carboxylic acid groups (broad SMARTS) is 1. The number of aromatic carboxylic acids is 1. The number of aromatic nitrogens is 4. The van der Waals surface area contributed by atoms with Gasteiger partial charge in [-0.05, 0) is 26.0 Å². The predicted octanol–water partition coefficient (Wildman–Crippen LogP) is 1.63. The fourth-order valence-corrected chi connectivity index (χ4v) is 1.62. The van der Waals surface area contributed by atoms with E-state index in [1.165, 1.54) is 16.8 Å². The van der Waals surface area contributed by atoms with Gasteiger partial charge in [-0.2, -0.15) is 4.68 Å². The Bertz CT molecular complexity index is 594. The molecule has 2 heterocycles. The topological polar surface area (TPSA) is 80.9 Å². The van der Waals surface area contributed by atoms with E-state index in [4.69, 9.17) is 16.7 Å². The standard InChI is InChI=1S/C10H9ClN4O2/c1-5-12-6(2)15(14-5)9-7(10(16)17)3-4-8(11)13-9/h3-4H,1-2H3,(H,16,17). The number of nitrogens with zero attached hydrogens (tertiary/aromatic N) is 4. The Hall–Kier alpha value is -1.95. The second-order valence-electron chi connectivity index (χ2n) is 3.43. The molecule has 2 rings (SSSR count). The van der Waals surface area contributed by atoms with Gasteiger partial charge in [0, 0.05) is 0 Å². The lowest BCUT2D eigenvalue weighted by molar-refractivity contribution is 0.0696. The Balaban J connectivity index is 2.69. The monoisotopic (exact) mass is 252 g/mol. The summed E-state index contributed by atoms with van der Waals surface area (Å²) in [4.78, 5) is 19.2. The van der Waals surface area contributed by atoms with E-state index in [-0.39, 0.29) is 16.5 Å². The number of halogens is 1. The van der Waals surface area contributed by atoms with Gasteiger partial charge in [0.1, 0.15) is 22.4 Å². The van der Waals surface area contributed by atoms with E-state index >= 15 is 0 Å². The smallest absolute Gasteiger partial charge is 0.339 e. The molecule has 0 saturated carbocycles. The van der Waals surface area contributed by atoms with Gasteiger partial charge in [0.2, 0.25) is 0 Å². The van der Waals surface area contributed by atoms with Crippen LogP contribution >= 0.6 is 11.6 Å². The van der Waals surface area contributed by atoms with Gasteiger partial charge in [0.15, 0.2) is 5.82 Å². The molecular weight excluding hydrogens is 244 g/mol. The quantitative estimate of drug-likeness (QED) is 0.822. The third-order valence-electron chi connectivity index (χ3n) is 2.15. The normalized spacial score (nSPS) is 10.5. The molecule has 17 heavy (non-hydrogen) atoms. The zero-order chi connectivity index (χ0) is 12.6. The molecule has 7 heteroatoms. The summed E-state index contributed by atoms with van der Waals surface area (Å²) in [5.41, 5.74) is 0.0300. The van der Waals surface area contributed by atoms with E-state index in [1.54, 1.807) is 13.8 Å². The van der Waals surface area contributed by atoms with Crippen molar-refractivity contribution in [3.63, 3.8) is 0 Å². The van der Waals surface area contributed by atoms with E-state index in [0.29, 0.717) is 11.6 Å². The van der Waals surface area contributed by atoms with Crippen molar-refractivity contribution in [2.45, 2.75) is 13.8 Å². The third-order valence-corrected chi connectivity index (χ3v) is 2.36. The summed E-state index contributed by atoms with van der Waals surface area (Å²) in [7, 11) is 0. The van der Waals surface area contributed by atoms with Crippen LogP contribution in [0.25, 0.3) is 5.82 Å². The van der Waals surface area contributed by atoms with Crippen LogP contribution in [0.15, 0.2) is 12.1 Å². The first-order valence-electron chi connectivity index (χ1n) is 4.79. The molecule has 0 aliphatic carbocycles. The summed E-state index contributed by atoms with van der Waals surface area (Å²) < 4.78 is 1.37. The van der Waals surface area contributed by atoms with Crippen molar-refractivity contribution in [2.24, 2.45) is 0 Å². The fourth-order valence-electron chi connectivity index (χ4n) is 1.48. The second kappa shape index (κ2) is 4.14. The SMILES string of the molecule is Cc1nc(C)n(-c2nc(Cl)ccc2C(=O)O)n1. The maximum absolute atomic E-state index is 11.1. The van der Waals surface area contributed by atoms with E-state index < -0.39 is 5.97 Å². The molecule has 0 unspecified atom stereocenters. The lowest BCUT2D eigenvalue weighted by Gasteiger charge is -2.06. The van der Waals surface area contributed by atoms with E-state index in [0.717, 1.165) is 0 Å². The highest BCUT2D eigenvalue weighted by atomic mass is 35.5. The molecule has 2 aromatic rings. The highest BCUT2D eigenvalue weighted by Crippen LogP contribution is 2.16.